The zero-order valence-electron chi connectivity index (χ0n) is 21.0. The molecule has 2 unspecified atom stereocenters. The Kier molecular flexibility index (Phi) is 7.45. The lowest BCUT2D eigenvalue weighted by molar-refractivity contribution is -0.0926. The molecule has 2 aliphatic heterocycles. The van der Waals surface area contributed by atoms with E-state index in [1.54, 1.807) is 0 Å². The van der Waals surface area contributed by atoms with Gasteiger partial charge in [0.05, 0.1) is 30.4 Å². The highest BCUT2D eigenvalue weighted by Gasteiger charge is 2.52. The van der Waals surface area contributed by atoms with Crippen molar-refractivity contribution in [3.8, 4) is 0 Å². The van der Waals surface area contributed by atoms with Gasteiger partial charge in [0.2, 0.25) is 0 Å². The highest BCUT2D eigenvalue weighted by Crippen LogP contribution is 2.37. The van der Waals surface area contributed by atoms with Crippen molar-refractivity contribution in [3.63, 3.8) is 0 Å². The van der Waals surface area contributed by atoms with Gasteiger partial charge in [-0.2, -0.15) is 0 Å². The Hall–Kier alpha value is -1.35. The smallest absolute Gasteiger partial charge is 0.444 e. The molecule has 0 radical (unpaired) electrons. The van der Waals surface area contributed by atoms with E-state index >= 15 is 0 Å². The van der Waals surface area contributed by atoms with Crippen LogP contribution in [0.1, 0.15) is 59.6 Å². The summed E-state index contributed by atoms with van der Waals surface area (Å²) in [5.74, 6) is 0. The van der Waals surface area contributed by atoms with Crippen molar-refractivity contribution in [2.45, 2.75) is 90.8 Å². The number of halogens is 2. The first-order valence-electron chi connectivity index (χ1n) is 11.5. The van der Waals surface area contributed by atoms with Crippen LogP contribution in [0.3, 0.4) is 0 Å². The van der Waals surface area contributed by atoms with Gasteiger partial charge in [0.15, 0.2) is 0 Å². The Morgan fingerprint density at radius 1 is 1.18 bits per heavy atom. The van der Waals surface area contributed by atoms with Crippen LogP contribution in [0, 0.1) is 6.92 Å². The molecule has 0 aromatic heterocycles. The maximum atomic E-state index is 13.6. The van der Waals surface area contributed by atoms with Gasteiger partial charge in [0.1, 0.15) is 18.4 Å². The Bertz CT molecular complexity index is 872. The van der Waals surface area contributed by atoms with Crippen LogP contribution in [0.5, 0.6) is 0 Å². The molecule has 9 heteroatoms. The molecule has 6 nitrogen and oxygen atoms in total. The monoisotopic (exact) mass is 483 g/mol. The van der Waals surface area contributed by atoms with Crippen molar-refractivity contribution in [3.05, 3.63) is 28.3 Å². The van der Waals surface area contributed by atoms with Crippen molar-refractivity contribution in [1.29, 1.82) is 0 Å². The van der Waals surface area contributed by atoms with Crippen molar-refractivity contribution in [2.75, 3.05) is 19.8 Å². The quantitative estimate of drug-likeness (QED) is 0.592. The van der Waals surface area contributed by atoms with Gasteiger partial charge in [-0.05, 0) is 84.1 Å². The Labute approximate surface area is 202 Å². The Morgan fingerprint density at radius 2 is 1.76 bits per heavy atom. The first kappa shape index (κ1) is 26.3. The number of amides is 1. The fourth-order valence-corrected chi connectivity index (χ4v) is 4.36. The lowest BCUT2D eigenvalue weighted by Crippen LogP contribution is -2.53. The molecule has 2 saturated heterocycles. The maximum Gasteiger partial charge on any atom is 0.495 e. The summed E-state index contributed by atoms with van der Waals surface area (Å²) in [6.07, 6.45) is -1.12. The highest BCUT2D eigenvalue weighted by molar-refractivity contribution is 6.63. The summed E-state index contributed by atoms with van der Waals surface area (Å²) in [5.41, 5.74) is 1.12. The van der Waals surface area contributed by atoms with Gasteiger partial charge in [-0.3, -0.25) is 0 Å². The molecule has 184 valence electrons. The van der Waals surface area contributed by atoms with Gasteiger partial charge < -0.3 is 23.7 Å². The predicted octanol–water partition coefficient (Wildman–Crippen LogP) is 4.46. The third-order valence-electron chi connectivity index (χ3n) is 6.47. The molecule has 2 fully saturated rings. The van der Waals surface area contributed by atoms with Crippen LogP contribution in [0.2, 0.25) is 5.02 Å². The standard InChI is InChI=1S/C24H36BClFNO5/c1-15-9-16(26)10-20(25-32-23(5,6)24(7,8)33-25)19(15)11-17-13-28(14-18(12-27)30-17)21(29)31-22(2,3)4/h9-10,17-18H,11-14H2,1-8H3. The van der Waals surface area contributed by atoms with Crippen LogP contribution in [-0.2, 0) is 25.2 Å². The number of nitrogens with zero attached hydrogens (tertiary/aromatic N) is 1. The van der Waals surface area contributed by atoms with Crippen LogP contribution in [0.25, 0.3) is 0 Å². The lowest BCUT2D eigenvalue weighted by Gasteiger charge is -2.38. The first-order valence-corrected chi connectivity index (χ1v) is 11.8. The van der Waals surface area contributed by atoms with E-state index in [2.05, 4.69) is 0 Å². The minimum absolute atomic E-state index is 0.158. The number of aryl methyl sites for hydroxylation is 1. The number of hydrogen-bond acceptors (Lipinski definition) is 5. The minimum atomic E-state index is -0.704. The van der Waals surface area contributed by atoms with E-state index in [4.69, 9.17) is 30.4 Å². The summed E-state index contributed by atoms with van der Waals surface area (Å²) in [5, 5.41) is 0.586. The molecule has 0 spiro atoms. The van der Waals surface area contributed by atoms with E-state index in [1.165, 1.54) is 4.90 Å². The molecular weight excluding hydrogens is 448 g/mol. The summed E-state index contributed by atoms with van der Waals surface area (Å²) in [7, 11) is -0.593. The van der Waals surface area contributed by atoms with E-state index in [1.807, 2.05) is 67.5 Å². The zero-order valence-corrected chi connectivity index (χ0v) is 21.7. The third kappa shape index (κ3) is 6.02. The number of morpholine rings is 1. The summed E-state index contributed by atoms with van der Waals surface area (Å²) < 4.78 is 37.7. The van der Waals surface area contributed by atoms with E-state index < -0.39 is 48.9 Å². The van der Waals surface area contributed by atoms with Crippen LogP contribution < -0.4 is 5.46 Å². The molecule has 0 aliphatic carbocycles. The molecule has 0 N–H and O–H groups in total. The topological polar surface area (TPSA) is 57.2 Å². The Morgan fingerprint density at radius 3 is 2.30 bits per heavy atom. The van der Waals surface area contributed by atoms with Gasteiger partial charge in [0, 0.05) is 11.4 Å². The summed E-state index contributed by atoms with van der Waals surface area (Å²) in [6.45, 7) is 15.2. The summed E-state index contributed by atoms with van der Waals surface area (Å²) >= 11 is 6.40. The van der Waals surface area contributed by atoms with E-state index in [0.29, 0.717) is 18.0 Å². The summed E-state index contributed by atoms with van der Waals surface area (Å²) in [4.78, 5) is 14.2. The average molecular weight is 484 g/mol. The van der Waals surface area contributed by atoms with Gasteiger partial charge >= 0.3 is 13.2 Å². The molecule has 1 aromatic carbocycles. The molecule has 33 heavy (non-hydrogen) atoms. The predicted molar refractivity (Wildman–Crippen MR) is 128 cm³/mol. The molecular formula is C24H36BClFNO5. The maximum absolute atomic E-state index is 13.6. The third-order valence-corrected chi connectivity index (χ3v) is 6.69. The zero-order chi connectivity index (χ0) is 24.8. The molecule has 1 amide bonds. The SMILES string of the molecule is Cc1cc(Cl)cc(B2OC(C)(C)C(C)(C)O2)c1CC1CN(C(=O)OC(C)(C)C)CC(CF)O1. The second-order valence-electron chi connectivity index (χ2n) is 11.0. The molecule has 0 saturated carbocycles. The van der Waals surface area contributed by atoms with Crippen LogP contribution in [-0.4, -0.2) is 66.9 Å². The second kappa shape index (κ2) is 9.36. The number of benzene rings is 1. The van der Waals surface area contributed by atoms with Crippen molar-refractivity contribution < 1.29 is 28.0 Å². The lowest BCUT2D eigenvalue weighted by atomic mass is 9.73. The van der Waals surface area contributed by atoms with Crippen molar-refractivity contribution in [1.82, 2.24) is 4.90 Å². The molecule has 3 rings (SSSR count). The highest BCUT2D eigenvalue weighted by atomic mass is 35.5. The van der Waals surface area contributed by atoms with E-state index in [-0.39, 0.29) is 6.54 Å². The molecule has 2 aliphatic rings. The Balaban J connectivity index is 1.87. The minimum Gasteiger partial charge on any atom is -0.444 e. The number of alkyl halides is 1. The fourth-order valence-electron chi connectivity index (χ4n) is 4.08. The molecule has 0 bridgehead atoms. The van der Waals surface area contributed by atoms with Gasteiger partial charge in [-0.1, -0.05) is 11.6 Å². The van der Waals surface area contributed by atoms with E-state index in [9.17, 15) is 9.18 Å². The number of carbonyl (C=O) groups is 1. The van der Waals surface area contributed by atoms with Crippen LogP contribution in [0.15, 0.2) is 12.1 Å². The average Bonchev–Trinajstić information content (AvgIpc) is 2.89. The fraction of sp³-hybridized carbons (Fsp3) is 0.708. The van der Waals surface area contributed by atoms with E-state index in [0.717, 1.165) is 16.6 Å². The first-order chi connectivity index (χ1) is 15.1. The largest absolute Gasteiger partial charge is 0.495 e. The van der Waals surface area contributed by atoms with Crippen molar-refractivity contribution >= 4 is 30.3 Å². The number of ether oxygens (including phenoxy) is 2. The molecule has 1 aromatic rings. The molecule has 2 atom stereocenters. The van der Waals surface area contributed by atoms with Gasteiger partial charge in [0.25, 0.3) is 0 Å². The van der Waals surface area contributed by atoms with Crippen LogP contribution in [0.4, 0.5) is 9.18 Å². The van der Waals surface area contributed by atoms with Gasteiger partial charge in [-0.25, -0.2) is 9.18 Å². The summed E-state index contributed by atoms with van der Waals surface area (Å²) in [6, 6.07) is 3.74. The number of carbonyl (C=O) groups excluding carboxylic acids is 1. The van der Waals surface area contributed by atoms with Crippen molar-refractivity contribution in [2.24, 2.45) is 0 Å². The number of hydrogen-bond donors (Lipinski definition) is 0. The molecule has 2 heterocycles. The normalized spacial score (nSPS) is 24.8. The van der Waals surface area contributed by atoms with Gasteiger partial charge in [-0.15, -0.1) is 0 Å². The second-order valence-corrected chi connectivity index (χ2v) is 11.4. The number of rotatable bonds is 4. The van der Waals surface area contributed by atoms with Crippen LogP contribution >= 0.6 is 11.6 Å².